The molecule has 1 heterocycles. The van der Waals surface area contributed by atoms with Gasteiger partial charge in [-0.15, -0.1) is 0 Å². The Morgan fingerprint density at radius 3 is 2.75 bits per heavy atom. The van der Waals surface area contributed by atoms with Crippen molar-refractivity contribution >= 4 is 12.2 Å². The van der Waals surface area contributed by atoms with Crippen LogP contribution in [0.4, 0.5) is 0 Å². The lowest BCUT2D eigenvalue weighted by atomic mass is 9.83. The second-order valence-corrected chi connectivity index (χ2v) is 5.98. The summed E-state index contributed by atoms with van der Waals surface area (Å²) >= 11 is 5.44. The molecule has 3 rings (SSSR count). The molecule has 1 N–H and O–H groups in total. The van der Waals surface area contributed by atoms with E-state index in [0.29, 0.717) is 5.92 Å². The molecule has 1 aliphatic carbocycles. The summed E-state index contributed by atoms with van der Waals surface area (Å²) in [6.45, 7) is 4.24. The molecule has 0 amide bonds. The molecule has 0 saturated carbocycles. The van der Waals surface area contributed by atoms with Gasteiger partial charge >= 0.3 is 0 Å². The third kappa shape index (κ3) is 2.42. The molecule has 2 nitrogen and oxygen atoms in total. The number of fused-ring (bicyclic) bond motifs is 1. The van der Waals surface area contributed by atoms with Crippen LogP contribution in [0.2, 0.25) is 0 Å². The lowest BCUT2D eigenvalue weighted by molar-refractivity contribution is 0.551. The van der Waals surface area contributed by atoms with Crippen LogP contribution in [-0.2, 0) is 19.3 Å². The summed E-state index contributed by atoms with van der Waals surface area (Å²) in [4.78, 5) is 8.15. The molecule has 3 heteroatoms. The first-order valence-electron chi connectivity index (χ1n) is 7.35. The van der Waals surface area contributed by atoms with E-state index in [9.17, 15) is 0 Å². The molecular formula is C17H20N2S. The summed E-state index contributed by atoms with van der Waals surface area (Å²) < 4.78 is 0.776. The molecule has 0 saturated heterocycles. The first-order chi connectivity index (χ1) is 9.69. The van der Waals surface area contributed by atoms with E-state index in [1.165, 1.54) is 22.4 Å². The second kappa shape index (κ2) is 5.49. The Balaban J connectivity index is 1.94. The molecule has 0 spiro atoms. The summed E-state index contributed by atoms with van der Waals surface area (Å²) in [5.74, 6) is 1.54. The average Bonchev–Trinajstić information content (AvgIpc) is 2.46. The van der Waals surface area contributed by atoms with Crippen molar-refractivity contribution in [3.05, 3.63) is 57.1 Å². The Hall–Kier alpha value is -1.48. The van der Waals surface area contributed by atoms with Crippen LogP contribution < -0.4 is 0 Å². The van der Waals surface area contributed by atoms with Crippen molar-refractivity contribution in [2.24, 2.45) is 0 Å². The zero-order valence-corrected chi connectivity index (χ0v) is 12.9. The predicted molar refractivity (Wildman–Crippen MR) is 84.7 cm³/mol. The van der Waals surface area contributed by atoms with Crippen LogP contribution in [-0.4, -0.2) is 9.97 Å². The molecule has 0 aliphatic heterocycles. The van der Waals surface area contributed by atoms with Gasteiger partial charge in [0.25, 0.3) is 0 Å². The van der Waals surface area contributed by atoms with Crippen molar-refractivity contribution in [2.75, 3.05) is 0 Å². The Bertz CT molecular complexity index is 688. The SMILES string of the molecule is CCc1c(C)[nH]c(C2CCc3ccccc3C2)nc1=S. The largest absolute Gasteiger partial charge is 0.347 e. The highest BCUT2D eigenvalue weighted by atomic mass is 32.1. The Morgan fingerprint density at radius 1 is 1.30 bits per heavy atom. The number of hydrogen-bond donors (Lipinski definition) is 1. The van der Waals surface area contributed by atoms with Crippen LogP contribution >= 0.6 is 12.2 Å². The Morgan fingerprint density at radius 2 is 2.05 bits per heavy atom. The van der Waals surface area contributed by atoms with Crippen molar-refractivity contribution in [1.29, 1.82) is 0 Å². The number of aryl methyl sites for hydroxylation is 2. The Kier molecular flexibility index (Phi) is 3.70. The highest BCUT2D eigenvalue weighted by Crippen LogP contribution is 2.31. The lowest BCUT2D eigenvalue weighted by Gasteiger charge is -2.24. The smallest absolute Gasteiger partial charge is 0.133 e. The highest BCUT2D eigenvalue weighted by Gasteiger charge is 2.22. The summed E-state index contributed by atoms with van der Waals surface area (Å²) in [7, 11) is 0. The molecule has 1 aliphatic rings. The summed E-state index contributed by atoms with van der Waals surface area (Å²) in [6.07, 6.45) is 4.30. The van der Waals surface area contributed by atoms with Crippen molar-refractivity contribution in [2.45, 2.75) is 45.4 Å². The number of nitrogens with one attached hydrogen (secondary N) is 1. The molecule has 0 bridgehead atoms. The van der Waals surface area contributed by atoms with Gasteiger partial charge in [0.05, 0.1) is 0 Å². The first-order valence-corrected chi connectivity index (χ1v) is 7.76. The van der Waals surface area contributed by atoms with Crippen LogP contribution in [0.15, 0.2) is 24.3 Å². The molecule has 2 aromatic rings. The van der Waals surface area contributed by atoms with Gasteiger partial charge in [-0.3, -0.25) is 0 Å². The van der Waals surface area contributed by atoms with E-state index in [1.54, 1.807) is 0 Å². The maximum atomic E-state index is 5.44. The van der Waals surface area contributed by atoms with Gasteiger partial charge in [-0.1, -0.05) is 43.4 Å². The van der Waals surface area contributed by atoms with Gasteiger partial charge in [-0.25, -0.2) is 4.98 Å². The molecule has 0 fully saturated rings. The van der Waals surface area contributed by atoms with Crippen LogP contribution in [0.5, 0.6) is 0 Å². The predicted octanol–water partition coefficient (Wildman–Crippen LogP) is 4.28. The fourth-order valence-electron chi connectivity index (χ4n) is 3.17. The van der Waals surface area contributed by atoms with E-state index in [4.69, 9.17) is 12.2 Å². The van der Waals surface area contributed by atoms with E-state index in [0.717, 1.165) is 36.1 Å². The van der Waals surface area contributed by atoms with Gasteiger partial charge in [0.1, 0.15) is 10.5 Å². The normalized spacial score (nSPS) is 17.8. The van der Waals surface area contributed by atoms with E-state index >= 15 is 0 Å². The topological polar surface area (TPSA) is 28.7 Å². The number of nitrogens with zero attached hydrogens (tertiary/aromatic N) is 1. The van der Waals surface area contributed by atoms with Crippen LogP contribution in [0.1, 0.15) is 47.5 Å². The summed E-state index contributed by atoms with van der Waals surface area (Å²) in [6, 6.07) is 8.74. The number of benzene rings is 1. The molecule has 1 aromatic carbocycles. The average molecular weight is 284 g/mol. The van der Waals surface area contributed by atoms with Gasteiger partial charge in [0.2, 0.25) is 0 Å². The number of H-pyrrole nitrogens is 1. The first kappa shape index (κ1) is 13.5. The van der Waals surface area contributed by atoms with Crippen molar-refractivity contribution < 1.29 is 0 Å². The van der Waals surface area contributed by atoms with Crippen LogP contribution in [0, 0.1) is 11.6 Å². The standard InChI is InChI=1S/C17H20N2S/c1-3-15-11(2)18-16(19-17(15)20)14-9-8-12-6-4-5-7-13(12)10-14/h4-7,14H,3,8-10H2,1-2H3,(H,18,19,20). The molecule has 20 heavy (non-hydrogen) atoms. The molecule has 1 unspecified atom stereocenters. The van der Waals surface area contributed by atoms with Gasteiger partial charge in [-0.2, -0.15) is 0 Å². The highest BCUT2D eigenvalue weighted by molar-refractivity contribution is 7.71. The summed E-state index contributed by atoms with van der Waals surface area (Å²) in [5, 5.41) is 0. The molecule has 1 atom stereocenters. The zero-order chi connectivity index (χ0) is 14.1. The van der Waals surface area contributed by atoms with Gasteiger partial charge < -0.3 is 4.98 Å². The minimum Gasteiger partial charge on any atom is -0.347 e. The molecule has 104 valence electrons. The minimum atomic E-state index is 0.469. The number of aromatic nitrogens is 2. The van der Waals surface area contributed by atoms with E-state index in [-0.39, 0.29) is 0 Å². The summed E-state index contributed by atoms with van der Waals surface area (Å²) in [5.41, 5.74) is 5.31. The maximum absolute atomic E-state index is 5.44. The zero-order valence-electron chi connectivity index (χ0n) is 12.1. The van der Waals surface area contributed by atoms with Gasteiger partial charge in [0, 0.05) is 17.2 Å². The van der Waals surface area contributed by atoms with E-state index in [1.807, 2.05) is 0 Å². The fraction of sp³-hybridized carbons (Fsp3) is 0.412. The molecular weight excluding hydrogens is 264 g/mol. The molecule has 1 aromatic heterocycles. The number of rotatable bonds is 2. The van der Waals surface area contributed by atoms with Crippen molar-refractivity contribution in [1.82, 2.24) is 9.97 Å². The van der Waals surface area contributed by atoms with Crippen LogP contribution in [0.3, 0.4) is 0 Å². The fourth-order valence-corrected chi connectivity index (χ4v) is 3.57. The van der Waals surface area contributed by atoms with E-state index in [2.05, 4.69) is 48.1 Å². The lowest BCUT2D eigenvalue weighted by Crippen LogP contribution is -2.16. The second-order valence-electron chi connectivity index (χ2n) is 5.59. The quantitative estimate of drug-likeness (QED) is 0.834. The number of aromatic amines is 1. The van der Waals surface area contributed by atoms with Crippen LogP contribution in [0.25, 0.3) is 0 Å². The Labute approximate surface area is 125 Å². The van der Waals surface area contributed by atoms with E-state index < -0.39 is 0 Å². The van der Waals surface area contributed by atoms with Gasteiger partial charge in [0.15, 0.2) is 0 Å². The monoisotopic (exact) mass is 284 g/mol. The molecule has 0 radical (unpaired) electrons. The van der Waals surface area contributed by atoms with Crippen molar-refractivity contribution in [3.63, 3.8) is 0 Å². The van der Waals surface area contributed by atoms with Gasteiger partial charge in [-0.05, 0) is 43.7 Å². The third-order valence-electron chi connectivity index (χ3n) is 4.34. The maximum Gasteiger partial charge on any atom is 0.133 e. The van der Waals surface area contributed by atoms with Crippen molar-refractivity contribution in [3.8, 4) is 0 Å². The minimum absolute atomic E-state index is 0.469. The third-order valence-corrected chi connectivity index (χ3v) is 4.67. The number of hydrogen-bond acceptors (Lipinski definition) is 2.